The Morgan fingerprint density at radius 2 is 2.16 bits per heavy atom. The van der Waals surface area contributed by atoms with Crippen LogP contribution in [-0.2, 0) is 18.4 Å². The van der Waals surface area contributed by atoms with E-state index in [2.05, 4.69) is 21.5 Å². The van der Waals surface area contributed by atoms with Crippen LogP contribution in [0.3, 0.4) is 0 Å². The molecule has 1 amide bonds. The van der Waals surface area contributed by atoms with Gasteiger partial charge in [0.25, 0.3) is 0 Å². The predicted molar refractivity (Wildman–Crippen MR) is 96.3 cm³/mol. The van der Waals surface area contributed by atoms with E-state index in [9.17, 15) is 4.79 Å². The van der Waals surface area contributed by atoms with Gasteiger partial charge in [-0.1, -0.05) is 12.1 Å². The van der Waals surface area contributed by atoms with Gasteiger partial charge >= 0.3 is 0 Å². The Balaban J connectivity index is 1.71. The van der Waals surface area contributed by atoms with Crippen molar-refractivity contribution in [3.8, 4) is 5.75 Å². The van der Waals surface area contributed by atoms with Crippen LogP contribution < -0.4 is 15.8 Å². The fourth-order valence-electron chi connectivity index (χ4n) is 2.65. The minimum atomic E-state index is -0.378. The molecule has 0 aliphatic carbocycles. The molecule has 7 nitrogen and oxygen atoms in total. The number of aromatic nitrogens is 3. The summed E-state index contributed by atoms with van der Waals surface area (Å²) in [5.41, 5.74) is 8.88. The van der Waals surface area contributed by atoms with Gasteiger partial charge in [-0.05, 0) is 30.7 Å². The number of pyridine rings is 1. The standard InChI is InChI=1S/C18H21N5O2/c1-12-14-9-13(11-21-18(14)23(2)22-12)10-20-15-5-3-4-6-16(15)25-8-7-17(19)24/h3-6,9,11,20H,7-8,10H2,1-2H3,(H2,19,24). The number of hydrogen-bond acceptors (Lipinski definition) is 5. The molecule has 2 aromatic heterocycles. The Hall–Kier alpha value is -3.09. The third kappa shape index (κ3) is 3.88. The van der Waals surface area contributed by atoms with Gasteiger partial charge in [-0.3, -0.25) is 9.48 Å². The number of fused-ring (bicyclic) bond motifs is 1. The van der Waals surface area contributed by atoms with E-state index < -0.39 is 0 Å². The summed E-state index contributed by atoms with van der Waals surface area (Å²) in [4.78, 5) is 15.3. The molecule has 0 unspecified atom stereocenters. The third-order valence-corrected chi connectivity index (χ3v) is 3.90. The van der Waals surface area contributed by atoms with Crippen molar-refractivity contribution < 1.29 is 9.53 Å². The SMILES string of the molecule is Cc1nn(C)c2ncc(CNc3ccccc3OCCC(N)=O)cc12. The number of nitrogens with two attached hydrogens (primary N) is 1. The average Bonchev–Trinajstić information content (AvgIpc) is 2.87. The van der Waals surface area contributed by atoms with E-state index in [1.165, 1.54) is 0 Å². The minimum absolute atomic E-state index is 0.190. The van der Waals surface area contributed by atoms with Crippen LogP contribution in [-0.4, -0.2) is 27.3 Å². The van der Waals surface area contributed by atoms with Crippen molar-refractivity contribution in [3.63, 3.8) is 0 Å². The summed E-state index contributed by atoms with van der Waals surface area (Å²) in [6.07, 6.45) is 2.03. The molecule has 0 fully saturated rings. The number of nitrogens with zero attached hydrogens (tertiary/aromatic N) is 3. The zero-order chi connectivity index (χ0) is 17.8. The van der Waals surface area contributed by atoms with Crippen LogP contribution in [0.2, 0.25) is 0 Å². The van der Waals surface area contributed by atoms with Crippen molar-refractivity contribution in [3.05, 3.63) is 47.8 Å². The van der Waals surface area contributed by atoms with Crippen LogP contribution in [0.25, 0.3) is 11.0 Å². The van der Waals surface area contributed by atoms with Gasteiger partial charge in [0.05, 0.1) is 24.4 Å². The zero-order valence-electron chi connectivity index (χ0n) is 14.3. The van der Waals surface area contributed by atoms with Crippen LogP contribution >= 0.6 is 0 Å². The molecule has 0 saturated carbocycles. The van der Waals surface area contributed by atoms with Crippen LogP contribution in [0, 0.1) is 6.92 Å². The number of hydrogen-bond donors (Lipinski definition) is 2. The summed E-state index contributed by atoms with van der Waals surface area (Å²) >= 11 is 0. The molecule has 3 rings (SSSR count). The summed E-state index contributed by atoms with van der Waals surface area (Å²) < 4.78 is 7.42. The summed E-state index contributed by atoms with van der Waals surface area (Å²) in [6, 6.07) is 9.69. The Labute approximate surface area is 145 Å². The van der Waals surface area contributed by atoms with E-state index in [0.717, 1.165) is 28.0 Å². The lowest BCUT2D eigenvalue weighted by Gasteiger charge is -2.13. The molecule has 2 heterocycles. The molecule has 0 atom stereocenters. The first-order valence-corrected chi connectivity index (χ1v) is 8.07. The average molecular weight is 339 g/mol. The summed E-state index contributed by atoms with van der Waals surface area (Å²) in [6.45, 7) is 2.84. The maximum Gasteiger partial charge on any atom is 0.220 e. The first kappa shape index (κ1) is 16.8. The largest absolute Gasteiger partial charge is 0.491 e. The lowest BCUT2D eigenvalue weighted by Crippen LogP contribution is -2.15. The van der Waals surface area contributed by atoms with Crippen molar-refractivity contribution in [1.82, 2.24) is 14.8 Å². The quantitative estimate of drug-likeness (QED) is 0.688. The summed E-state index contributed by atoms with van der Waals surface area (Å²) in [5, 5.41) is 8.79. The number of carbonyl (C=O) groups excluding carboxylic acids is 1. The topological polar surface area (TPSA) is 95.1 Å². The van der Waals surface area contributed by atoms with Gasteiger partial charge in [-0.2, -0.15) is 5.10 Å². The monoisotopic (exact) mass is 339 g/mol. The minimum Gasteiger partial charge on any atom is -0.491 e. The lowest BCUT2D eigenvalue weighted by molar-refractivity contribution is -0.118. The van der Waals surface area contributed by atoms with Crippen molar-refractivity contribution in [2.45, 2.75) is 19.9 Å². The summed E-state index contributed by atoms with van der Waals surface area (Å²) in [7, 11) is 1.89. The maximum absolute atomic E-state index is 10.8. The van der Waals surface area contributed by atoms with Crippen molar-refractivity contribution >= 4 is 22.6 Å². The number of rotatable bonds is 7. The number of carbonyl (C=O) groups is 1. The molecular formula is C18H21N5O2. The molecule has 3 aromatic rings. The Kier molecular flexibility index (Phi) is 4.83. The second-order valence-electron chi connectivity index (χ2n) is 5.84. The molecule has 0 aliphatic heterocycles. The van der Waals surface area contributed by atoms with Gasteiger partial charge in [0, 0.05) is 25.2 Å². The highest BCUT2D eigenvalue weighted by Crippen LogP contribution is 2.25. The number of primary amides is 1. The highest BCUT2D eigenvalue weighted by atomic mass is 16.5. The van der Waals surface area contributed by atoms with Crippen LogP contribution in [0.15, 0.2) is 36.5 Å². The number of para-hydroxylation sites is 2. The van der Waals surface area contributed by atoms with E-state index in [1.807, 2.05) is 44.4 Å². The van der Waals surface area contributed by atoms with Crippen LogP contribution in [0.5, 0.6) is 5.75 Å². The molecular weight excluding hydrogens is 318 g/mol. The van der Waals surface area contributed by atoms with Gasteiger partial charge in [-0.25, -0.2) is 4.98 Å². The van der Waals surface area contributed by atoms with E-state index >= 15 is 0 Å². The lowest BCUT2D eigenvalue weighted by atomic mass is 10.2. The van der Waals surface area contributed by atoms with Crippen molar-refractivity contribution in [2.24, 2.45) is 12.8 Å². The summed E-state index contributed by atoms with van der Waals surface area (Å²) in [5.74, 6) is 0.312. The number of ether oxygens (including phenoxy) is 1. The van der Waals surface area contributed by atoms with Gasteiger partial charge in [0.2, 0.25) is 5.91 Å². The third-order valence-electron chi connectivity index (χ3n) is 3.90. The number of nitrogens with one attached hydrogen (secondary N) is 1. The Morgan fingerprint density at radius 1 is 1.36 bits per heavy atom. The molecule has 0 spiro atoms. The van der Waals surface area contributed by atoms with E-state index in [-0.39, 0.29) is 18.9 Å². The van der Waals surface area contributed by atoms with Gasteiger partial charge < -0.3 is 15.8 Å². The second kappa shape index (κ2) is 7.21. The van der Waals surface area contributed by atoms with Crippen LogP contribution in [0.1, 0.15) is 17.7 Å². The Morgan fingerprint density at radius 3 is 2.96 bits per heavy atom. The second-order valence-corrected chi connectivity index (χ2v) is 5.84. The van der Waals surface area contributed by atoms with E-state index in [0.29, 0.717) is 12.3 Å². The molecule has 7 heteroatoms. The maximum atomic E-state index is 10.8. The molecule has 3 N–H and O–H groups in total. The smallest absolute Gasteiger partial charge is 0.220 e. The number of anilines is 1. The molecule has 25 heavy (non-hydrogen) atoms. The van der Waals surface area contributed by atoms with Crippen molar-refractivity contribution in [1.29, 1.82) is 0 Å². The molecule has 1 aromatic carbocycles. The zero-order valence-corrected chi connectivity index (χ0v) is 14.3. The first-order valence-electron chi connectivity index (χ1n) is 8.07. The molecule has 0 aliphatic rings. The molecule has 0 saturated heterocycles. The Bertz CT molecular complexity index is 904. The first-order chi connectivity index (χ1) is 12.0. The fraction of sp³-hybridized carbons (Fsp3) is 0.278. The van der Waals surface area contributed by atoms with Gasteiger partial charge in [0.15, 0.2) is 5.65 Å². The van der Waals surface area contributed by atoms with E-state index in [4.69, 9.17) is 10.5 Å². The number of benzene rings is 1. The van der Waals surface area contributed by atoms with Crippen LogP contribution in [0.4, 0.5) is 5.69 Å². The van der Waals surface area contributed by atoms with Crippen molar-refractivity contribution in [2.75, 3.05) is 11.9 Å². The molecule has 0 bridgehead atoms. The normalized spacial score (nSPS) is 10.8. The van der Waals surface area contributed by atoms with E-state index in [1.54, 1.807) is 4.68 Å². The number of aryl methyl sites for hydroxylation is 2. The van der Waals surface area contributed by atoms with Gasteiger partial charge in [-0.15, -0.1) is 0 Å². The highest BCUT2D eigenvalue weighted by Gasteiger charge is 2.08. The molecule has 130 valence electrons. The highest BCUT2D eigenvalue weighted by molar-refractivity contribution is 5.78. The predicted octanol–water partition coefficient (Wildman–Crippen LogP) is 2.14. The van der Waals surface area contributed by atoms with Gasteiger partial charge in [0.1, 0.15) is 5.75 Å². The fourth-order valence-corrected chi connectivity index (χ4v) is 2.65. The number of amides is 1. The molecule has 0 radical (unpaired) electrons.